The molecule has 2 aromatic rings. The Hall–Kier alpha value is -1.13. The molecule has 152 valence electrons. The maximum Gasteiger partial charge on any atom is 0.191 e. The monoisotopic (exact) mass is 505 g/mol. The van der Waals surface area contributed by atoms with Gasteiger partial charge >= 0.3 is 0 Å². The van der Waals surface area contributed by atoms with Crippen LogP contribution in [0.2, 0.25) is 0 Å². The molecule has 6 nitrogen and oxygen atoms in total. The molecule has 0 aliphatic heterocycles. The summed E-state index contributed by atoms with van der Waals surface area (Å²) in [5.74, 6) is 1.79. The zero-order valence-electron chi connectivity index (χ0n) is 16.7. The van der Waals surface area contributed by atoms with E-state index in [-0.39, 0.29) is 30.0 Å². The summed E-state index contributed by atoms with van der Waals surface area (Å²) >= 11 is 1.73. The van der Waals surface area contributed by atoms with Crippen molar-refractivity contribution in [1.29, 1.82) is 0 Å². The first-order valence-electron chi connectivity index (χ1n) is 9.44. The number of hydrogen-bond acceptors (Lipinski definition) is 5. The third-order valence-electron chi connectivity index (χ3n) is 4.25. The molecule has 1 unspecified atom stereocenters. The Labute approximate surface area is 183 Å². The van der Waals surface area contributed by atoms with Gasteiger partial charge in [0.15, 0.2) is 5.96 Å². The lowest BCUT2D eigenvalue weighted by molar-refractivity contribution is 0.193. The molecule has 2 rings (SSSR count). The van der Waals surface area contributed by atoms with Crippen molar-refractivity contribution in [3.05, 3.63) is 40.2 Å². The summed E-state index contributed by atoms with van der Waals surface area (Å²) in [6, 6.07) is 4.16. The van der Waals surface area contributed by atoms with Gasteiger partial charge in [-0.2, -0.15) is 0 Å². The Morgan fingerprint density at radius 2 is 2.04 bits per heavy atom. The SMILES string of the molecule is CCNC(=NCc1ncc(CC)s1)NCC(c1ccco1)N(CC)CC.I. The molecule has 2 N–H and O–H groups in total. The molecule has 0 bridgehead atoms. The van der Waals surface area contributed by atoms with Crippen LogP contribution in [-0.4, -0.2) is 42.0 Å². The number of furan rings is 1. The van der Waals surface area contributed by atoms with Crippen LogP contribution in [0.5, 0.6) is 0 Å². The maximum absolute atomic E-state index is 5.67. The highest BCUT2D eigenvalue weighted by molar-refractivity contribution is 14.0. The minimum Gasteiger partial charge on any atom is -0.468 e. The summed E-state index contributed by atoms with van der Waals surface area (Å²) in [5, 5.41) is 7.83. The Balaban J connectivity index is 0.00000364. The van der Waals surface area contributed by atoms with Crippen molar-refractivity contribution in [3.63, 3.8) is 0 Å². The van der Waals surface area contributed by atoms with E-state index >= 15 is 0 Å². The Kier molecular flexibility index (Phi) is 11.6. The van der Waals surface area contributed by atoms with E-state index in [2.05, 4.69) is 53.2 Å². The molecule has 0 aliphatic rings. The first kappa shape index (κ1) is 23.9. The molecule has 0 aromatic carbocycles. The predicted octanol–water partition coefficient (Wildman–Crippen LogP) is 4.05. The van der Waals surface area contributed by atoms with Gasteiger partial charge in [0.05, 0.1) is 18.8 Å². The molecule has 0 radical (unpaired) electrons. The molecule has 0 fully saturated rings. The van der Waals surface area contributed by atoms with Crippen LogP contribution in [0.3, 0.4) is 0 Å². The molecule has 2 heterocycles. The van der Waals surface area contributed by atoms with E-state index in [1.165, 1.54) is 4.88 Å². The molecular formula is C19H32IN5OS. The number of aliphatic imine (C=N–C) groups is 1. The van der Waals surface area contributed by atoms with Gasteiger partial charge in [-0.15, -0.1) is 35.3 Å². The first-order chi connectivity index (χ1) is 12.7. The second-order valence-electron chi connectivity index (χ2n) is 5.90. The number of nitrogens with one attached hydrogen (secondary N) is 2. The summed E-state index contributed by atoms with van der Waals surface area (Å²) in [4.78, 5) is 12.8. The second kappa shape index (κ2) is 13.1. The molecule has 0 aliphatic carbocycles. The maximum atomic E-state index is 5.67. The van der Waals surface area contributed by atoms with Gasteiger partial charge in [-0.3, -0.25) is 4.90 Å². The summed E-state index contributed by atoms with van der Waals surface area (Å²) in [5.41, 5.74) is 0. The summed E-state index contributed by atoms with van der Waals surface area (Å²) in [6.07, 6.45) is 4.70. The van der Waals surface area contributed by atoms with E-state index in [0.29, 0.717) is 6.54 Å². The van der Waals surface area contributed by atoms with Gasteiger partial charge in [0.25, 0.3) is 0 Å². The van der Waals surface area contributed by atoms with Crippen LogP contribution in [0.1, 0.15) is 49.4 Å². The fourth-order valence-corrected chi connectivity index (χ4v) is 3.61. The van der Waals surface area contributed by atoms with E-state index < -0.39 is 0 Å². The number of nitrogens with zero attached hydrogens (tertiary/aromatic N) is 3. The Morgan fingerprint density at radius 3 is 2.59 bits per heavy atom. The lowest BCUT2D eigenvalue weighted by Crippen LogP contribution is -2.43. The molecule has 0 spiro atoms. The highest BCUT2D eigenvalue weighted by atomic mass is 127. The number of guanidine groups is 1. The largest absolute Gasteiger partial charge is 0.468 e. The lowest BCUT2D eigenvalue weighted by Gasteiger charge is -2.28. The van der Waals surface area contributed by atoms with Gasteiger partial charge in [-0.25, -0.2) is 9.98 Å². The van der Waals surface area contributed by atoms with E-state index in [1.54, 1.807) is 17.6 Å². The molecule has 0 saturated heterocycles. The Morgan fingerprint density at radius 1 is 1.26 bits per heavy atom. The van der Waals surface area contributed by atoms with Crippen LogP contribution in [0, 0.1) is 0 Å². The molecule has 0 amide bonds. The zero-order valence-corrected chi connectivity index (χ0v) is 19.8. The number of thiazole rings is 1. The molecule has 0 saturated carbocycles. The van der Waals surface area contributed by atoms with Gasteiger partial charge in [0.1, 0.15) is 10.8 Å². The molecule has 8 heteroatoms. The van der Waals surface area contributed by atoms with Crippen LogP contribution in [0.15, 0.2) is 34.0 Å². The van der Waals surface area contributed by atoms with Crippen molar-refractivity contribution in [2.45, 2.75) is 46.7 Å². The van der Waals surface area contributed by atoms with Gasteiger partial charge < -0.3 is 15.1 Å². The number of halogens is 1. The average molecular weight is 505 g/mol. The van der Waals surface area contributed by atoms with Crippen molar-refractivity contribution in [3.8, 4) is 0 Å². The number of hydrogen-bond donors (Lipinski definition) is 2. The number of rotatable bonds is 10. The van der Waals surface area contributed by atoms with Crippen molar-refractivity contribution in [1.82, 2.24) is 20.5 Å². The minimum atomic E-state index is 0. The predicted molar refractivity (Wildman–Crippen MR) is 124 cm³/mol. The normalized spacial score (nSPS) is 12.7. The highest BCUT2D eigenvalue weighted by Crippen LogP contribution is 2.20. The van der Waals surface area contributed by atoms with Crippen LogP contribution in [0.4, 0.5) is 0 Å². The van der Waals surface area contributed by atoms with Crippen molar-refractivity contribution >= 4 is 41.3 Å². The topological polar surface area (TPSA) is 65.7 Å². The van der Waals surface area contributed by atoms with Crippen molar-refractivity contribution in [2.75, 3.05) is 26.2 Å². The van der Waals surface area contributed by atoms with E-state index in [4.69, 9.17) is 4.42 Å². The third-order valence-corrected chi connectivity index (χ3v) is 5.38. The zero-order chi connectivity index (χ0) is 18.8. The number of likely N-dealkylation sites (N-methyl/N-ethyl adjacent to an activating group) is 1. The Bertz CT molecular complexity index is 655. The highest BCUT2D eigenvalue weighted by Gasteiger charge is 2.20. The van der Waals surface area contributed by atoms with Crippen LogP contribution < -0.4 is 10.6 Å². The average Bonchev–Trinajstić information content (AvgIpc) is 3.34. The van der Waals surface area contributed by atoms with E-state index in [9.17, 15) is 0 Å². The van der Waals surface area contributed by atoms with Crippen molar-refractivity contribution in [2.24, 2.45) is 4.99 Å². The van der Waals surface area contributed by atoms with Crippen LogP contribution in [-0.2, 0) is 13.0 Å². The summed E-state index contributed by atoms with van der Waals surface area (Å²) in [7, 11) is 0. The smallest absolute Gasteiger partial charge is 0.191 e. The quantitative estimate of drug-likeness (QED) is 0.290. The van der Waals surface area contributed by atoms with E-state index in [0.717, 1.165) is 49.3 Å². The number of aromatic nitrogens is 1. The molecule has 2 aromatic heterocycles. The van der Waals surface area contributed by atoms with Crippen LogP contribution >= 0.6 is 35.3 Å². The standard InChI is InChI=1S/C19H31N5OS.HI/c1-5-15-12-21-18(26-15)14-23-19(20-6-2)22-13-16(24(7-3)8-4)17-10-9-11-25-17;/h9-12,16H,5-8,13-14H2,1-4H3,(H2,20,22,23);1H. The van der Waals surface area contributed by atoms with E-state index in [1.807, 2.05) is 18.3 Å². The molecule has 1 atom stereocenters. The minimum absolute atomic E-state index is 0. The fraction of sp³-hybridized carbons (Fsp3) is 0.579. The van der Waals surface area contributed by atoms with Gasteiger partial charge in [-0.05, 0) is 38.6 Å². The van der Waals surface area contributed by atoms with Crippen LogP contribution in [0.25, 0.3) is 0 Å². The van der Waals surface area contributed by atoms with Gasteiger partial charge in [0, 0.05) is 24.2 Å². The molecular weight excluding hydrogens is 473 g/mol. The number of aryl methyl sites for hydroxylation is 1. The van der Waals surface area contributed by atoms with Crippen molar-refractivity contribution < 1.29 is 4.42 Å². The lowest BCUT2D eigenvalue weighted by atomic mass is 10.2. The second-order valence-corrected chi connectivity index (χ2v) is 7.10. The van der Waals surface area contributed by atoms with Gasteiger partial charge in [-0.1, -0.05) is 20.8 Å². The fourth-order valence-electron chi connectivity index (χ4n) is 2.82. The summed E-state index contributed by atoms with van der Waals surface area (Å²) < 4.78 is 5.67. The summed E-state index contributed by atoms with van der Waals surface area (Å²) in [6.45, 7) is 12.7. The third kappa shape index (κ3) is 7.42. The first-order valence-corrected chi connectivity index (χ1v) is 10.3. The molecule has 27 heavy (non-hydrogen) atoms. The van der Waals surface area contributed by atoms with Gasteiger partial charge in [0.2, 0.25) is 0 Å².